The molecule has 5 rings (SSSR count). The molecule has 0 saturated carbocycles. The normalized spacial score (nSPS) is 16.1. The van der Waals surface area contributed by atoms with Crippen LogP contribution in [0.1, 0.15) is 48.9 Å². The van der Waals surface area contributed by atoms with E-state index < -0.39 is 17.7 Å². The summed E-state index contributed by atoms with van der Waals surface area (Å²) < 4.78 is 11.7. The second-order valence-electron chi connectivity index (χ2n) is 9.95. The monoisotopic (exact) mass is 548 g/mol. The molecule has 1 atom stereocenters. The summed E-state index contributed by atoms with van der Waals surface area (Å²) in [7, 11) is 0. The number of hydrogen-bond donors (Lipinski definition) is 1. The molecule has 0 spiro atoms. The van der Waals surface area contributed by atoms with E-state index >= 15 is 0 Å². The Labute approximate surface area is 239 Å². The van der Waals surface area contributed by atoms with Crippen LogP contribution < -0.4 is 14.4 Å². The van der Waals surface area contributed by atoms with Gasteiger partial charge in [0.1, 0.15) is 23.0 Å². The van der Waals surface area contributed by atoms with Crippen LogP contribution in [0.15, 0.2) is 103 Å². The van der Waals surface area contributed by atoms with Crippen LogP contribution in [0.2, 0.25) is 0 Å². The Bertz CT molecular complexity index is 1550. The number of aromatic nitrogens is 1. The zero-order chi connectivity index (χ0) is 28.8. The number of ketones is 1. The molecule has 0 bridgehead atoms. The van der Waals surface area contributed by atoms with E-state index in [4.69, 9.17) is 9.47 Å². The molecule has 1 aliphatic heterocycles. The molecule has 7 nitrogen and oxygen atoms in total. The van der Waals surface area contributed by atoms with Crippen LogP contribution in [0.4, 0.5) is 5.69 Å². The summed E-state index contributed by atoms with van der Waals surface area (Å²) in [6.45, 7) is 4.73. The van der Waals surface area contributed by atoms with E-state index in [0.29, 0.717) is 40.7 Å². The van der Waals surface area contributed by atoms with Gasteiger partial charge in [0, 0.05) is 23.6 Å². The molecule has 1 N–H and O–H groups in total. The Morgan fingerprint density at radius 3 is 2.34 bits per heavy atom. The van der Waals surface area contributed by atoms with Crippen molar-refractivity contribution in [2.75, 3.05) is 11.5 Å². The van der Waals surface area contributed by atoms with Gasteiger partial charge < -0.3 is 14.6 Å². The molecule has 7 heteroatoms. The van der Waals surface area contributed by atoms with Crippen molar-refractivity contribution >= 4 is 23.1 Å². The van der Waals surface area contributed by atoms with Crippen molar-refractivity contribution in [1.29, 1.82) is 0 Å². The number of ether oxygens (including phenoxy) is 2. The third-order valence-electron chi connectivity index (χ3n) is 6.93. The van der Waals surface area contributed by atoms with Gasteiger partial charge >= 0.3 is 0 Å². The molecule has 208 valence electrons. The van der Waals surface area contributed by atoms with Crippen LogP contribution in [0.3, 0.4) is 0 Å². The lowest BCUT2D eigenvalue weighted by Gasteiger charge is -2.25. The summed E-state index contributed by atoms with van der Waals surface area (Å²) >= 11 is 0. The number of benzene rings is 3. The van der Waals surface area contributed by atoms with Gasteiger partial charge in [-0.1, -0.05) is 38.0 Å². The summed E-state index contributed by atoms with van der Waals surface area (Å²) in [6, 6.07) is 24.2. The summed E-state index contributed by atoms with van der Waals surface area (Å²) in [5.41, 5.74) is 2.59. The summed E-state index contributed by atoms with van der Waals surface area (Å²) in [6.07, 6.45) is 6.38. The average molecular weight is 549 g/mol. The number of pyridine rings is 1. The van der Waals surface area contributed by atoms with Gasteiger partial charge in [-0.3, -0.25) is 19.5 Å². The molecular weight excluding hydrogens is 516 g/mol. The fourth-order valence-electron chi connectivity index (χ4n) is 4.85. The Balaban J connectivity index is 1.47. The molecule has 4 aromatic rings. The number of carbonyl (C=O) groups is 2. The van der Waals surface area contributed by atoms with Gasteiger partial charge in [0.25, 0.3) is 11.7 Å². The number of nitrogens with zero attached hydrogens (tertiary/aromatic N) is 2. The van der Waals surface area contributed by atoms with Crippen LogP contribution in [0.5, 0.6) is 17.2 Å². The number of hydrogen-bond acceptors (Lipinski definition) is 6. The van der Waals surface area contributed by atoms with E-state index in [1.54, 1.807) is 73.1 Å². The van der Waals surface area contributed by atoms with Gasteiger partial charge in [0.15, 0.2) is 0 Å². The first-order valence-corrected chi connectivity index (χ1v) is 13.7. The van der Waals surface area contributed by atoms with Crippen LogP contribution in [0, 0.1) is 6.92 Å². The lowest BCUT2D eigenvalue weighted by atomic mass is 9.96. The van der Waals surface area contributed by atoms with Crippen LogP contribution in [-0.2, 0) is 9.59 Å². The van der Waals surface area contributed by atoms with E-state index in [-0.39, 0.29) is 11.3 Å². The lowest BCUT2D eigenvalue weighted by Crippen LogP contribution is -2.29. The number of Topliss-reactive ketones (excluding diaryl/α,β-unsaturated/α-hetero) is 1. The molecule has 41 heavy (non-hydrogen) atoms. The van der Waals surface area contributed by atoms with Crippen LogP contribution in [-0.4, -0.2) is 28.4 Å². The number of unbranched alkanes of at least 4 members (excludes halogenated alkanes) is 2. The molecule has 1 aliphatic rings. The molecule has 2 heterocycles. The van der Waals surface area contributed by atoms with Crippen molar-refractivity contribution in [3.8, 4) is 17.2 Å². The largest absolute Gasteiger partial charge is 0.507 e. The number of aryl methyl sites for hydroxylation is 1. The molecule has 0 aliphatic carbocycles. The number of carbonyl (C=O) groups excluding carboxylic acids is 2. The first kappa shape index (κ1) is 27.6. The summed E-state index contributed by atoms with van der Waals surface area (Å²) in [5.74, 6) is 0.211. The van der Waals surface area contributed by atoms with Gasteiger partial charge in [-0.05, 0) is 91.2 Å². The van der Waals surface area contributed by atoms with E-state index in [0.717, 1.165) is 24.8 Å². The van der Waals surface area contributed by atoms with Crippen LogP contribution in [0.25, 0.3) is 5.76 Å². The molecule has 1 amide bonds. The quantitative estimate of drug-likeness (QED) is 0.0963. The highest BCUT2D eigenvalue weighted by molar-refractivity contribution is 6.51. The van der Waals surface area contributed by atoms with Crippen molar-refractivity contribution in [2.24, 2.45) is 0 Å². The van der Waals surface area contributed by atoms with E-state index in [9.17, 15) is 14.7 Å². The van der Waals surface area contributed by atoms with E-state index in [1.165, 1.54) is 4.90 Å². The fraction of sp³-hybridized carbons (Fsp3) is 0.206. The van der Waals surface area contributed by atoms with E-state index in [1.807, 2.05) is 31.2 Å². The second-order valence-corrected chi connectivity index (χ2v) is 9.95. The highest BCUT2D eigenvalue weighted by Crippen LogP contribution is 2.42. The Hall–Kier alpha value is -4.91. The molecule has 1 unspecified atom stereocenters. The molecule has 3 aromatic carbocycles. The zero-order valence-electron chi connectivity index (χ0n) is 23.1. The standard InChI is InChI=1S/C34H32N2O5/c1-3-4-5-20-40-27-15-11-24(12-16-27)32(37)30-31(25-9-7-19-35-22-25)36(34(39)33(30)38)26-13-17-28(18-14-26)41-29-10-6-8-23(2)21-29/h6-19,21-22,31,37H,3-5,20H2,1-2H3/b32-30-. The number of rotatable bonds is 10. The van der Waals surface area contributed by atoms with Gasteiger partial charge in [0.2, 0.25) is 0 Å². The first-order chi connectivity index (χ1) is 20.0. The van der Waals surface area contributed by atoms with Gasteiger partial charge in [0.05, 0.1) is 18.2 Å². The predicted octanol–water partition coefficient (Wildman–Crippen LogP) is 7.38. The average Bonchev–Trinajstić information content (AvgIpc) is 3.26. The lowest BCUT2D eigenvalue weighted by molar-refractivity contribution is -0.132. The van der Waals surface area contributed by atoms with Crippen molar-refractivity contribution in [3.05, 3.63) is 120 Å². The number of aliphatic hydroxyl groups excluding tert-OH is 1. The van der Waals surface area contributed by atoms with Crippen molar-refractivity contribution < 1.29 is 24.2 Å². The van der Waals surface area contributed by atoms with Gasteiger partial charge in [-0.2, -0.15) is 0 Å². The van der Waals surface area contributed by atoms with Crippen molar-refractivity contribution in [3.63, 3.8) is 0 Å². The SMILES string of the molecule is CCCCCOc1ccc(/C(O)=C2/C(=O)C(=O)N(c3ccc(Oc4cccc(C)c4)cc3)C2c2cccnc2)cc1. The maximum Gasteiger partial charge on any atom is 0.300 e. The molecular formula is C34H32N2O5. The Morgan fingerprint density at radius 2 is 1.66 bits per heavy atom. The topological polar surface area (TPSA) is 89.0 Å². The fourth-order valence-corrected chi connectivity index (χ4v) is 4.85. The molecule has 1 aromatic heterocycles. The van der Waals surface area contributed by atoms with E-state index in [2.05, 4.69) is 11.9 Å². The number of aliphatic hydroxyl groups is 1. The highest BCUT2D eigenvalue weighted by Gasteiger charge is 2.47. The maximum atomic E-state index is 13.4. The summed E-state index contributed by atoms with van der Waals surface area (Å²) in [4.78, 5) is 32.5. The molecule has 1 fully saturated rings. The minimum absolute atomic E-state index is 0.000276. The maximum absolute atomic E-state index is 13.4. The van der Waals surface area contributed by atoms with Gasteiger partial charge in [-0.15, -0.1) is 0 Å². The third kappa shape index (κ3) is 6.14. The smallest absolute Gasteiger partial charge is 0.300 e. The Morgan fingerprint density at radius 1 is 0.902 bits per heavy atom. The number of amides is 1. The Kier molecular flexibility index (Phi) is 8.44. The number of anilines is 1. The van der Waals surface area contributed by atoms with Gasteiger partial charge in [-0.25, -0.2) is 0 Å². The zero-order valence-corrected chi connectivity index (χ0v) is 23.1. The minimum atomic E-state index is -0.864. The first-order valence-electron chi connectivity index (χ1n) is 13.7. The van der Waals surface area contributed by atoms with Crippen molar-refractivity contribution in [2.45, 2.75) is 39.2 Å². The predicted molar refractivity (Wildman–Crippen MR) is 158 cm³/mol. The highest BCUT2D eigenvalue weighted by atomic mass is 16.5. The molecule has 1 saturated heterocycles. The third-order valence-corrected chi connectivity index (χ3v) is 6.93. The minimum Gasteiger partial charge on any atom is -0.507 e. The van der Waals surface area contributed by atoms with Crippen LogP contribution >= 0.6 is 0 Å². The van der Waals surface area contributed by atoms with Crippen molar-refractivity contribution in [1.82, 2.24) is 4.98 Å². The second kappa shape index (κ2) is 12.5. The summed E-state index contributed by atoms with van der Waals surface area (Å²) in [5, 5.41) is 11.4. The molecule has 0 radical (unpaired) electrons.